The van der Waals surface area contributed by atoms with Crippen LogP contribution in [0.3, 0.4) is 0 Å². The Labute approximate surface area is 134 Å². The van der Waals surface area contributed by atoms with Gasteiger partial charge >= 0.3 is 0 Å². The number of hydrogen-bond acceptors (Lipinski definition) is 3. The van der Waals surface area contributed by atoms with Crippen LogP contribution in [0, 0.1) is 0 Å². The maximum atomic E-state index is 12.5. The molecule has 0 spiro atoms. The summed E-state index contributed by atoms with van der Waals surface area (Å²) in [4.78, 5) is 0. The second-order valence-corrected chi connectivity index (χ2v) is 7.72. The molecule has 1 aromatic carbocycles. The topological polar surface area (TPSA) is 29.1 Å². The predicted molar refractivity (Wildman–Crippen MR) is 92.4 cm³/mol. The van der Waals surface area contributed by atoms with Gasteiger partial charge in [-0.05, 0) is 42.0 Å². The lowest BCUT2D eigenvalue weighted by Gasteiger charge is -2.18. The number of thiophene rings is 1. The molecule has 2 nitrogen and oxygen atoms in total. The first-order chi connectivity index (χ1) is 10.2. The molecule has 114 valence electrons. The van der Waals surface area contributed by atoms with Gasteiger partial charge in [0.2, 0.25) is 0 Å². The Morgan fingerprint density at radius 2 is 1.95 bits per heavy atom. The van der Waals surface area contributed by atoms with E-state index in [-0.39, 0.29) is 6.04 Å². The van der Waals surface area contributed by atoms with Crippen LogP contribution in [0.15, 0.2) is 46.0 Å². The van der Waals surface area contributed by atoms with E-state index in [1.54, 1.807) is 11.3 Å². The van der Waals surface area contributed by atoms with Crippen molar-refractivity contribution in [2.45, 2.75) is 36.9 Å². The molecule has 0 aliphatic heterocycles. The van der Waals surface area contributed by atoms with Gasteiger partial charge in [0, 0.05) is 11.8 Å². The van der Waals surface area contributed by atoms with Crippen LogP contribution in [-0.4, -0.2) is 16.5 Å². The maximum absolute atomic E-state index is 12.5. The molecule has 0 aliphatic carbocycles. The van der Waals surface area contributed by atoms with Gasteiger partial charge in [0.15, 0.2) is 0 Å². The molecule has 4 heteroatoms. The van der Waals surface area contributed by atoms with Gasteiger partial charge in [0.25, 0.3) is 0 Å². The summed E-state index contributed by atoms with van der Waals surface area (Å²) in [5.41, 5.74) is 2.57. The van der Waals surface area contributed by atoms with E-state index in [2.05, 4.69) is 43.4 Å². The standard InChI is InChI=1S/C17H23NOS2/c1-3-11-18-16(13-21(19)17-6-5-12-20-17)15-9-7-14(4-2)8-10-15/h5-10,12,16,18H,3-4,11,13H2,1-2H3. The lowest BCUT2D eigenvalue weighted by molar-refractivity contribution is 0.570. The third kappa shape index (κ3) is 4.77. The van der Waals surface area contributed by atoms with Crippen molar-refractivity contribution in [3.8, 4) is 0 Å². The molecule has 21 heavy (non-hydrogen) atoms. The van der Waals surface area contributed by atoms with Crippen LogP contribution in [0.5, 0.6) is 0 Å². The third-order valence-corrected chi connectivity index (χ3v) is 6.20. The molecule has 1 N–H and O–H groups in total. The van der Waals surface area contributed by atoms with E-state index < -0.39 is 10.8 Å². The first-order valence-electron chi connectivity index (χ1n) is 7.48. The lowest BCUT2D eigenvalue weighted by Crippen LogP contribution is -2.26. The van der Waals surface area contributed by atoms with Crippen LogP contribution < -0.4 is 5.32 Å². The Hall–Kier alpha value is -0.970. The van der Waals surface area contributed by atoms with Crippen molar-refractivity contribution < 1.29 is 4.21 Å². The summed E-state index contributed by atoms with van der Waals surface area (Å²) in [6, 6.07) is 12.7. The fraction of sp³-hybridized carbons (Fsp3) is 0.412. The Bertz CT molecular complexity index is 549. The molecule has 1 heterocycles. The van der Waals surface area contributed by atoms with Crippen molar-refractivity contribution in [1.29, 1.82) is 0 Å². The Morgan fingerprint density at radius 3 is 2.52 bits per heavy atom. The molecule has 0 aliphatic rings. The minimum absolute atomic E-state index is 0.152. The Kier molecular flexibility index (Phi) is 6.61. The van der Waals surface area contributed by atoms with Crippen LogP contribution >= 0.6 is 11.3 Å². The average molecular weight is 322 g/mol. The number of benzene rings is 1. The monoisotopic (exact) mass is 321 g/mol. The van der Waals surface area contributed by atoms with Crippen molar-refractivity contribution in [3.05, 3.63) is 52.9 Å². The minimum atomic E-state index is -0.937. The molecule has 0 radical (unpaired) electrons. The van der Waals surface area contributed by atoms with E-state index in [1.165, 1.54) is 11.1 Å². The van der Waals surface area contributed by atoms with E-state index in [1.807, 2.05) is 17.5 Å². The highest BCUT2D eigenvalue weighted by atomic mass is 32.2. The van der Waals surface area contributed by atoms with Crippen LogP contribution in [-0.2, 0) is 17.2 Å². The highest BCUT2D eigenvalue weighted by molar-refractivity contribution is 7.87. The number of hydrogen-bond donors (Lipinski definition) is 1. The van der Waals surface area contributed by atoms with Gasteiger partial charge in [0.05, 0.1) is 15.0 Å². The van der Waals surface area contributed by atoms with Crippen LogP contribution in [0.1, 0.15) is 37.4 Å². The van der Waals surface area contributed by atoms with Crippen LogP contribution in [0.25, 0.3) is 0 Å². The summed E-state index contributed by atoms with van der Waals surface area (Å²) < 4.78 is 13.4. The maximum Gasteiger partial charge on any atom is 0.0911 e. The van der Waals surface area contributed by atoms with E-state index >= 15 is 0 Å². The van der Waals surface area contributed by atoms with Gasteiger partial charge in [-0.15, -0.1) is 11.3 Å². The lowest BCUT2D eigenvalue weighted by atomic mass is 10.0. The molecule has 0 fully saturated rings. The number of rotatable bonds is 8. The Balaban J connectivity index is 2.11. The van der Waals surface area contributed by atoms with Crippen molar-refractivity contribution in [2.24, 2.45) is 0 Å². The fourth-order valence-corrected chi connectivity index (χ4v) is 4.46. The van der Waals surface area contributed by atoms with Crippen molar-refractivity contribution in [3.63, 3.8) is 0 Å². The van der Waals surface area contributed by atoms with Crippen molar-refractivity contribution >= 4 is 22.1 Å². The molecular weight excluding hydrogens is 298 g/mol. The summed E-state index contributed by atoms with van der Waals surface area (Å²) in [5, 5.41) is 5.51. The zero-order valence-electron chi connectivity index (χ0n) is 12.7. The zero-order valence-corrected chi connectivity index (χ0v) is 14.3. The molecule has 0 bridgehead atoms. The van der Waals surface area contributed by atoms with E-state index in [0.717, 1.165) is 23.6 Å². The molecule has 2 aromatic rings. The fourth-order valence-electron chi connectivity index (χ4n) is 2.20. The van der Waals surface area contributed by atoms with Crippen molar-refractivity contribution in [2.75, 3.05) is 12.3 Å². The summed E-state index contributed by atoms with van der Waals surface area (Å²) >= 11 is 1.57. The van der Waals surface area contributed by atoms with Crippen molar-refractivity contribution in [1.82, 2.24) is 5.32 Å². The van der Waals surface area contributed by atoms with Gasteiger partial charge in [-0.2, -0.15) is 0 Å². The SMILES string of the molecule is CCCNC(CS(=O)c1cccs1)c1ccc(CC)cc1. The zero-order chi connectivity index (χ0) is 15.1. The second kappa shape index (κ2) is 8.47. The summed E-state index contributed by atoms with van der Waals surface area (Å²) in [6.07, 6.45) is 2.13. The first-order valence-corrected chi connectivity index (χ1v) is 9.68. The molecule has 2 rings (SSSR count). The van der Waals surface area contributed by atoms with Crippen LogP contribution in [0.4, 0.5) is 0 Å². The molecule has 1 aromatic heterocycles. The van der Waals surface area contributed by atoms with Gasteiger partial charge in [-0.25, -0.2) is 0 Å². The van der Waals surface area contributed by atoms with Gasteiger partial charge in [0.1, 0.15) is 0 Å². The molecule has 2 atom stereocenters. The quantitative estimate of drug-likeness (QED) is 0.791. The largest absolute Gasteiger partial charge is 0.309 e. The van der Waals surface area contributed by atoms with Gasteiger partial charge in [-0.3, -0.25) is 4.21 Å². The summed E-state index contributed by atoms with van der Waals surface area (Å²) in [6.45, 7) is 5.26. The van der Waals surface area contributed by atoms with Gasteiger partial charge in [-0.1, -0.05) is 44.2 Å². The van der Waals surface area contributed by atoms with Gasteiger partial charge < -0.3 is 5.32 Å². The summed E-state index contributed by atoms with van der Waals surface area (Å²) in [5.74, 6) is 0.631. The normalized spacial score (nSPS) is 14.0. The minimum Gasteiger partial charge on any atom is -0.309 e. The first kappa shape index (κ1) is 16.4. The van der Waals surface area contributed by atoms with E-state index in [9.17, 15) is 4.21 Å². The molecular formula is C17H23NOS2. The molecule has 2 unspecified atom stereocenters. The molecule has 0 amide bonds. The van der Waals surface area contributed by atoms with E-state index in [0.29, 0.717) is 5.75 Å². The smallest absolute Gasteiger partial charge is 0.0911 e. The third-order valence-electron chi connectivity index (χ3n) is 3.47. The van der Waals surface area contributed by atoms with E-state index in [4.69, 9.17) is 0 Å². The molecule has 0 saturated carbocycles. The van der Waals surface area contributed by atoms with Crippen LogP contribution in [0.2, 0.25) is 0 Å². The summed E-state index contributed by atoms with van der Waals surface area (Å²) in [7, 11) is -0.937. The highest BCUT2D eigenvalue weighted by Crippen LogP contribution is 2.21. The average Bonchev–Trinajstić information content (AvgIpc) is 3.06. The second-order valence-electron chi connectivity index (χ2n) is 5.05. The Morgan fingerprint density at radius 1 is 1.19 bits per heavy atom. The number of aryl methyl sites for hydroxylation is 1. The predicted octanol–water partition coefficient (Wildman–Crippen LogP) is 4.16. The highest BCUT2D eigenvalue weighted by Gasteiger charge is 2.16. The molecule has 0 saturated heterocycles. The number of nitrogens with one attached hydrogen (secondary N) is 1.